The highest BCUT2D eigenvalue weighted by molar-refractivity contribution is 5.64. The molecule has 1 aliphatic rings. The molecule has 0 saturated carbocycles. The first kappa shape index (κ1) is 10.9. The van der Waals surface area contributed by atoms with Crippen molar-refractivity contribution >= 4 is 12.1 Å². The highest BCUT2D eigenvalue weighted by atomic mass is 16.1. The lowest BCUT2D eigenvalue weighted by Crippen LogP contribution is -2.44. The maximum atomic E-state index is 11.9. The minimum absolute atomic E-state index is 0.142. The first-order chi connectivity index (χ1) is 7.74. The van der Waals surface area contributed by atoms with E-state index >= 15 is 0 Å². The SMILES string of the molecule is Cn1ccnc(N2CCCCC2C=O)c1=O. The first-order valence-electron chi connectivity index (χ1n) is 5.47. The van der Waals surface area contributed by atoms with Crippen LogP contribution in [0.4, 0.5) is 5.82 Å². The lowest BCUT2D eigenvalue weighted by molar-refractivity contribution is -0.109. The maximum Gasteiger partial charge on any atom is 0.293 e. The fourth-order valence-electron chi connectivity index (χ4n) is 2.04. The van der Waals surface area contributed by atoms with E-state index in [1.165, 1.54) is 4.57 Å². The summed E-state index contributed by atoms with van der Waals surface area (Å²) in [7, 11) is 1.69. The van der Waals surface area contributed by atoms with Crippen LogP contribution in [0.2, 0.25) is 0 Å². The molecule has 1 unspecified atom stereocenters. The van der Waals surface area contributed by atoms with Gasteiger partial charge in [0.25, 0.3) is 5.56 Å². The summed E-state index contributed by atoms with van der Waals surface area (Å²) in [6, 6.07) is -0.198. The quantitative estimate of drug-likeness (QED) is 0.676. The van der Waals surface area contributed by atoms with Gasteiger partial charge in [0.05, 0.1) is 6.04 Å². The average Bonchev–Trinajstić information content (AvgIpc) is 2.33. The topological polar surface area (TPSA) is 55.2 Å². The second kappa shape index (κ2) is 4.47. The molecule has 0 amide bonds. The molecule has 1 saturated heterocycles. The van der Waals surface area contributed by atoms with Crippen molar-refractivity contribution in [3.05, 3.63) is 22.7 Å². The van der Waals surface area contributed by atoms with Crippen LogP contribution in [0.1, 0.15) is 19.3 Å². The van der Waals surface area contributed by atoms with Gasteiger partial charge in [-0.05, 0) is 19.3 Å². The van der Waals surface area contributed by atoms with Crippen LogP contribution < -0.4 is 10.5 Å². The Kier molecular flexibility index (Phi) is 3.03. The lowest BCUT2D eigenvalue weighted by atomic mass is 10.0. The lowest BCUT2D eigenvalue weighted by Gasteiger charge is -2.32. The van der Waals surface area contributed by atoms with E-state index in [1.807, 2.05) is 4.90 Å². The molecule has 2 heterocycles. The van der Waals surface area contributed by atoms with Crippen molar-refractivity contribution in [1.82, 2.24) is 9.55 Å². The highest BCUT2D eigenvalue weighted by Crippen LogP contribution is 2.18. The van der Waals surface area contributed by atoms with Crippen LogP contribution in [0.25, 0.3) is 0 Å². The zero-order chi connectivity index (χ0) is 11.5. The van der Waals surface area contributed by atoms with Gasteiger partial charge >= 0.3 is 0 Å². The minimum Gasteiger partial charge on any atom is -0.342 e. The zero-order valence-electron chi connectivity index (χ0n) is 9.30. The van der Waals surface area contributed by atoms with Gasteiger partial charge in [-0.1, -0.05) is 0 Å². The summed E-state index contributed by atoms with van der Waals surface area (Å²) in [4.78, 5) is 28.7. The van der Waals surface area contributed by atoms with Gasteiger partial charge in [0.2, 0.25) is 0 Å². The molecule has 5 nitrogen and oxygen atoms in total. The summed E-state index contributed by atoms with van der Waals surface area (Å²) in [5.41, 5.74) is -0.142. The average molecular weight is 221 g/mol. The third kappa shape index (κ3) is 1.85. The van der Waals surface area contributed by atoms with E-state index in [0.717, 1.165) is 32.1 Å². The Morgan fingerprint density at radius 2 is 2.31 bits per heavy atom. The van der Waals surface area contributed by atoms with Gasteiger partial charge in [-0.25, -0.2) is 4.98 Å². The molecule has 2 rings (SSSR count). The molecule has 1 aromatic rings. The fourth-order valence-corrected chi connectivity index (χ4v) is 2.04. The van der Waals surface area contributed by atoms with Gasteiger partial charge in [-0.3, -0.25) is 4.79 Å². The third-order valence-corrected chi connectivity index (χ3v) is 2.98. The molecular weight excluding hydrogens is 206 g/mol. The summed E-state index contributed by atoms with van der Waals surface area (Å²) in [6.45, 7) is 0.732. The highest BCUT2D eigenvalue weighted by Gasteiger charge is 2.25. The molecule has 0 bridgehead atoms. The molecule has 0 aliphatic carbocycles. The number of aryl methyl sites for hydroxylation is 1. The molecule has 86 valence electrons. The number of carbonyl (C=O) groups is 1. The Hall–Kier alpha value is -1.65. The van der Waals surface area contributed by atoms with Crippen LogP contribution in [0.15, 0.2) is 17.2 Å². The standard InChI is InChI=1S/C11H15N3O2/c1-13-7-5-12-10(11(13)16)14-6-3-2-4-9(14)8-15/h5,7-9H,2-4,6H2,1H3. The second-order valence-corrected chi connectivity index (χ2v) is 4.06. The van der Waals surface area contributed by atoms with Crippen molar-refractivity contribution in [3.8, 4) is 0 Å². The molecule has 1 aliphatic heterocycles. The van der Waals surface area contributed by atoms with Crippen molar-refractivity contribution in [1.29, 1.82) is 0 Å². The number of piperidine rings is 1. The van der Waals surface area contributed by atoms with Crippen LogP contribution in [0, 0.1) is 0 Å². The van der Waals surface area contributed by atoms with Crippen LogP contribution in [0.5, 0.6) is 0 Å². The predicted molar refractivity (Wildman–Crippen MR) is 60.5 cm³/mol. The van der Waals surface area contributed by atoms with E-state index in [-0.39, 0.29) is 11.6 Å². The van der Waals surface area contributed by atoms with Gasteiger partial charge in [-0.15, -0.1) is 0 Å². The number of carbonyl (C=O) groups excluding carboxylic acids is 1. The minimum atomic E-state index is -0.198. The van der Waals surface area contributed by atoms with Crippen molar-refractivity contribution < 1.29 is 4.79 Å². The number of hydrogen-bond donors (Lipinski definition) is 0. The molecule has 0 radical (unpaired) electrons. The van der Waals surface area contributed by atoms with E-state index in [1.54, 1.807) is 19.4 Å². The molecular formula is C11H15N3O2. The number of aldehydes is 1. The molecule has 0 N–H and O–H groups in total. The summed E-state index contributed by atoms with van der Waals surface area (Å²) < 4.78 is 1.48. The predicted octanol–water partition coefficient (Wildman–Crippen LogP) is 0.338. The third-order valence-electron chi connectivity index (χ3n) is 2.98. The number of rotatable bonds is 2. The molecule has 5 heteroatoms. The van der Waals surface area contributed by atoms with Crippen LogP contribution >= 0.6 is 0 Å². The number of aromatic nitrogens is 2. The van der Waals surface area contributed by atoms with Gasteiger partial charge < -0.3 is 14.3 Å². The Morgan fingerprint density at radius 1 is 1.50 bits per heavy atom. The molecule has 0 spiro atoms. The largest absolute Gasteiger partial charge is 0.342 e. The number of hydrogen-bond acceptors (Lipinski definition) is 4. The Balaban J connectivity index is 2.38. The Labute approximate surface area is 93.7 Å². The summed E-state index contributed by atoms with van der Waals surface area (Å²) in [5, 5.41) is 0. The smallest absolute Gasteiger partial charge is 0.293 e. The van der Waals surface area contributed by atoms with Gasteiger partial charge in [0, 0.05) is 26.0 Å². The van der Waals surface area contributed by atoms with E-state index in [9.17, 15) is 9.59 Å². The maximum absolute atomic E-state index is 11.9. The Morgan fingerprint density at radius 3 is 3.06 bits per heavy atom. The second-order valence-electron chi connectivity index (χ2n) is 4.06. The fraction of sp³-hybridized carbons (Fsp3) is 0.545. The zero-order valence-corrected chi connectivity index (χ0v) is 9.30. The first-order valence-corrected chi connectivity index (χ1v) is 5.47. The van der Waals surface area contributed by atoms with Crippen LogP contribution in [0.3, 0.4) is 0 Å². The van der Waals surface area contributed by atoms with Crippen LogP contribution in [-0.2, 0) is 11.8 Å². The van der Waals surface area contributed by atoms with Crippen molar-refractivity contribution in [2.24, 2.45) is 7.05 Å². The van der Waals surface area contributed by atoms with E-state index < -0.39 is 0 Å². The molecule has 1 fully saturated rings. The van der Waals surface area contributed by atoms with Crippen molar-refractivity contribution in [2.45, 2.75) is 25.3 Å². The van der Waals surface area contributed by atoms with E-state index in [0.29, 0.717) is 5.82 Å². The molecule has 1 aromatic heterocycles. The van der Waals surface area contributed by atoms with E-state index in [2.05, 4.69) is 4.98 Å². The number of anilines is 1. The van der Waals surface area contributed by atoms with Gasteiger partial charge in [0.1, 0.15) is 6.29 Å². The van der Waals surface area contributed by atoms with Crippen LogP contribution in [-0.4, -0.2) is 28.4 Å². The number of nitrogens with zero attached hydrogens (tertiary/aromatic N) is 3. The summed E-state index contributed by atoms with van der Waals surface area (Å²) in [5.74, 6) is 0.391. The molecule has 16 heavy (non-hydrogen) atoms. The monoisotopic (exact) mass is 221 g/mol. The van der Waals surface area contributed by atoms with Crippen molar-refractivity contribution in [2.75, 3.05) is 11.4 Å². The summed E-state index contributed by atoms with van der Waals surface area (Å²) >= 11 is 0. The molecule has 0 aromatic carbocycles. The van der Waals surface area contributed by atoms with E-state index in [4.69, 9.17) is 0 Å². The van der Waals surface area contributed by atoms with Gasteiger partial charge in [0.15, 0.2) is 5.82 Å². The van der Waals surface area contributed by atoms with Crippen molar-refractivity contribution in [3.63, 3.8) is 0 Å². The summed E-state index contributed by atoms with van der Waals surface area (Å²) in [6.07, 6.45) is 6.96. The Bertz CT molecular complexity index is 441. The normalized spacial score (nSPS) is 20.8. The molecule has 1 atom stereocenters. The van der Waals surface area contributed by atoms with Gasteiger partial charge in [-0.2, -0.15) is 0 Å².